The zero-order valence-corrected chi connectivity index (χ0v) is 10.4. The van der Waals surface area contributed by atoms with Gasteiger partial charge in [0.15, 0.2) is 0 Å². The quantitative estimate of drug-likeness (QED) is 0.722. The third-order valence-electron chi connectivity index (χ3n) is 4.02. The number of hydrogen-bond donors (Lipinski definition) is 2. The fourth-order valence-electron chi connectivity index (χ4n) is 2.85. The van der Waals surface area contributed by atoms with Crippen LogP contribution in [0.2, 0.25) is 0 Å². The van der Waals surface area contributed by atoms with Crippen molar-refractivity contribution in [3.8, 4) is 0 Å². The Morgan fingerprint density at radius 2 is 2.38 bits per heavy atom. The topological polar surface area (TPSA) is 44.7 Å². The highest BCUT2D eigenvalue weighted by atomic mass is 16.5. The van der Waals surface area contributed by atoms with Crippen molar-refractivity contribution >= 4 is 0 Å². The molecule has 2 aliphatic rings. The van der Waals surface area contributed by atoms with Gasteiger partial charge in [-0.25, -0.2) is 0 Å². The Labute approximate surface area is 98.0 Å². The molecular formula is C12H24N2O2. The van der Waals surface area contributed by atoms with Gasteiger partial charge >= 0.3 is 0 Å². The SMILES string of the molecule is CC1CC(CO)(NCC2CCCO2)CN1C. The zero-order valence-electron chi connectivity index (χ0n) is 10.4. The van der Waals surface area contributed by atoms with E-state index in [1.54, 1.807) is 0 Å². The van der Waals surface area contributed by atoms with Gasteiger partial charge in [0.25, 0.3) is 0 Å². The van der Waals surface area contributed by atoms with E-state index < -0.39 is 0 Å². The van der Waals surface area contributed by atoms with E-state index >= 15 is 0 Å². The van der Waals surface area contributed by atoms with Crippen molar-refractivity contribution in [2.75, 3.05) is 33.4 Å². The molecule has 0 saturated carbocycles. The van der Waals surface area contributed by atoms with Gasteiger partial charge in [0.1, 0.15) is 0 Å². The van der Waals surface area contributed by atoms with Gasteiger partial charge in [-0.2, -0.15) is 0 Å². The Balaban J connectivity index is 1.85. The Hall–Kier alpha value is -0.160. The average Bonchev–Trinajstić information content (AvgIpc) is 2.86. The summed E-state index contributed by atoms with van der Waals surface area (Å²) in [5, 5.41) is 13.1. The third kappa shape index (κ3) is 2.56. The number of aliphatic hydroxyl groups is 1. The van der Waals surface area contributed by atoms with Gasteiger partial charge < -0.3 is 20.1 Å². The normalized spacial score (nSPS) is 40.7. The molecule has 2 N–H and O–H groups in total. The monoisotopic (exact) mass is 228 g/mol. The maximum absolute atomic E-state index is 9.60. The predicted molar refractivity (Wildman–Crippen MR) is 63.5 cm³/mol. The van der Waals surface area contributed by atoms with E-state index in [0.29, 0.717) is 12.1 Å². The van der Waals surface area contributed by atoms with E-state index in [9.17, 15) is 5.11 Å². The van der Waals surface area contributed by atoms with Crippen LogP contribution in [0.1, 0.15) is 26.2 Å². The molecule has 3 unspecified atom stereocenters. The van der Waals surface area contributed by atoms with Crippen molar-refractivity contribution in [2.45, 2.75) is 43.9 Å². The molecule has 2 aliphatic heterocycles. The first-order valence-electron chi connectivity index (χ1n) is 6.33. The summed E-state index contributed by atoms with van der Waals surface area (Å²) in [6.07, 6.45) is 3.70. The summed E-state index contributed by atoms with van der Waals surface area (Å²) in [6.45, 7) is 5.13. The summed E-state index contributed by atoms with van der Waals surface area (Å²) in [6, 6.07) is 0.546. The summed E-state index contributed by atoms with van der Waals surface area (Å²) < 4.78 is 5.60. The molecule has 4 nitrogen and oxygen atoms in total. The minimum Gasteiger partial charge on any atom is -0.394 e. The highest BCUT2D eigenvalue weighted by Crippen LogP contribution is 2.25. The van der Waals surface area contributed by atoms with Gasteiger partial charge in [-0.1, -0.05) is 0 Å². The van der Waals surface area contributed by atoms with E-state index in [4.69, 9.17) is 4.74 Å². The number of likely N-dealkylation sites (N-methyl/N-ethyl adjacent to an activating group) is 1. The second kappa shape index (κ2) is 5.00. The van der Waals surface area contributed by atoms with Crippen LogP contribution >= 0.6 is 0 Å². The number of hydrogen-bond acceptors (Lipinski definition) is 4. The number of ether oxygens (including phenoxy) is 1. The molecular weight excluding hydrogens is 204 g/mol. The van der Waals surface area contributed by atoms with E-state index in [0.717, 1.165) is 32.5 Å². The van der Waals surface area contributed by atoms with Gasteiger partial charge in [-0.3, -0.25) is 0 Å². The van der Waals surface area contributed by atoms with E-state index in [1.807, 2.05) is 0 Å². The largest absolute Gasteiger partial charge is 0.394 e. The Morgan fingerprint density at radius 3 is 2.88 bits per heavy atom. The fraction of sp³-hybridized carbons (Fsp3) is 1.00. The summed E-state index contributed by atoms with van der Waals surface area (Å²) in [7, 11) is 2.12. The molecule has 0 aromatic rings. The second-order valence-corrected chi connectivity index (χ2v) is 5.42. The Kier molecular flexibility index (Phi) is 3.85. The average molecular weight is 228 g/mol. The van der Waals surface area contributed by atoms with Crippen LogP contribution in [0.3, 0.4) is 0 Å². The number of likely N-dealkylation sites (tertiary alicyclic amines) is 1. The molecule has 94 valence electrons. The van der Waals surface area contributed by atoms with Gasteiger partial charge in [0, 0.05) is 25.7 Å². The molecule has 4 heteroatoms. The minimum absolute atomic E-state index is 0.111. The first-order chi connectivity index (χ1) is 7.65. The molecule has 0 amide bonds. The lowest BCUT2D eigenvalue weighted by Crippen LogP contribution is -2.52. The van der Waals surface area contributed by atoms with Crippen LogP contribution in [0.5, 0.6) is 0 Å². The molecule has 0 spiro atoms. The van der Waals surface area contributed by atoms with Crippen molar-refractivity contribution in [3.05, 3.63) is 0 Å². The molecule has 0 aromatic carbocycles. The lowest BCUT2D eigenvalue weighted by atomic mass is 9.97. The van der Waals surface area contributed by atoms with Crippen LogP contribution < -0.4 is 5.32 Å². The molecule has 3 atom stereocenters. The molecule has 2 heterocycles. The maximum Gasteiger partial charge on any atom is 0.0700 e. The van der Waals surface area contributed by atoms with Crippen molar-refractivity contribution < 1.29 is 9.84 Å². The summed E-state index contributed by atoms with van der Waals surface area (Å²) in [5.41, 5.74) is -0.111. The van der Waals surface area contributed by atoms with Crippen LogP contribution in [-0.4, -0.2) is 61.0 Å². The minimum atomic E-state index is -0.111. The lowest BCUT2D eigenvalue weighted by molar-refractivity contribution is 0.0895. The van der Waals surface area contributed by atoms with Gasteiger partial charge in [0.05, 0.1) is 18.2 Å². The number of nitrogens with zero attached hydrogens (tertiary/aromatic N) is 1. The Morgan fingerprint density at radius 1 is 1.56 bits per heavy atom. The first-order valence-corrected chi connectivity index (χ1v) is 6.33. The summed E-state index contributed by atoms with van der Waals surface area (Å²) in [5.74, 6) is 0. The molecule has 0 aliphatic carbocycles. The third-order valence-corrected chi connectivity index (χ3v) is 4.02. The summed E-state index contributed by atoms with van der Waals surface area (Å²) >= 11 is 0. The van der Waals surface area contributed by atoms with E-state index in [1.165, 1.54) is 6.42 Å². The molecule has 0 bridgehead atoms. The Bertz CT molecular complexity index is 219. The van der Waals surface area contributed by atoms with Crippen LogP contribution in [-0.2, 0) is 4.74 Å². The highest BCUT2D eigenvalue weighted by Gasteiger charge is 2.40. The standard InChI is InChI=1S/C12H24N2O2/c1-10-6-12(9-15,8-14(10)2)13-7-11-4-3-5-16-11/h10-11,13,15H,3-9H2,1-2H3. The smallest absolute Gasteiger partial charge is 0.0700 e. The van der Waals surface area contributed by atoms with Crippen LogP contribution in [0.25, 0.3) is 0 Å². The lowest BCUT2D eigenvalue weighted by Gasteiger charge is -2.29. The van der Waals surface area contributed by atoms with Crippen LogP contribution in [0.15, 0.2) is 0 Å². The summed E-state index contributed by atoms with van der Waals surface area (Å²) in [4.78, 5) is 2.30. The predicted octanol–water partition coefficient (Wildman–Crippen LogP) is 0.210. The molecule has 0 aromatic heterocycles. The van der Waals surface area contributed by atoms with E-state index in [-0.39, 0.29) is 12.1 Å². The van der Waals surface area contributed by atoms with Crippen molar-refractivity contribution in [1.29, 1.82) is 0 Å². The van der Waals surface area contributed by atoms with E-state index in [2.05, 4.69) is 24.2 Å². The number of nitrogens with one attached hydrogen (secondary N) is 1. The molecule has 2 rings (SSSR count). The van der Waals surface area contributed by atoms with Gasteiger partial charge in [0.2, 0.25) is 0 Å². The molecule has 16 heavy (non-hydrogen) atoms. The molecule has 0 radical (unpaired) electrons. The van der Waals surface area contributed by atoms with Crippen molar-refractivity contribution in [2.24, 2.45) is 0 Å². The van der Waals surface area contributed by atoms with Crippen molar-refractivity contribution in [1.82, 2.24) is 10.2 Å². The van der Waals surface area contributed by atoms with Crippen LogP contribution in [0, 0.1) is 0 Å². The second-order valence-electron chi connectivity index (χ2n) is 5.42. The molecule has 2 fully saturated rings. The van der Waals surface area contributed by atoms with Gasteiger partial charge in [-0.05, 0) is 33.2 Å². The van der Waals surface area contributed by atoms with Crippen LogP contribution in [0.4, 0.5) is 0 Å². The van der Waals surface area contributed by atoms with Crippen molar-refractivity contribution in [3.63, 3.8) is 0 Å². The molecule has 2 saturated heterocycles. The maximum atomic E-state index is 9.60. The number of aliphatic hydroxyl groups excluding tert-OH is 1. The zero-order chi connectivity index (χ0) is 11.6. The highest BCUT2D eigenvalue weighted by molar-refractivity contribution is 5.00. The first kappa shape index (κ1) is 12.3. The number of rotatable bonds is 4. The van der Waals surface area contributed by atoms with Gasteiger partial charge in [-0.15, -0.1) is 0 Å². The fourth-order valence-corrected chi connectivity index (χ4v) is 2.85.